The van der Waals surface area contributed by atoms with Crippen LogP contribution >= 0.6 is 23.2 Å². The Balaban J connectivity index is 1.35. The number of halogens is 2. The number of benzene rings is 1. The van der Waals surface area contributed by atoms with E-state index in [0.717, 1.165) is 45.0 Å². The largest absolute Gasteiger partial charge is 0.472 e. The summed E-state index contributed by atoms with van der Waals surface area (Å²) in [5.74, 6) is 0.612. The Morgan fingerprint density at radius 2 is 1.85 bits per heavy atom. The molecule has 2 aromatic rings. The molecule has 0 spiro atoms. The molecular weight excluding hydrogens is 373 g/mol. The number of hydrogen-bond donors (Lipinski definition) is 0. The second kappa shape index (κ2) is 8.01. The van der Waals surface area contributed by atoms with E-state index >= 15 is 0 Å². The molecule has 0 unspecified atom stereocenters. The van der Waals surface area contributed by atoms with Crippen LogP contribution in [-0.4, -0.2) is 54.1 Å². The minimum absolute atomic E-state index is 0.509. The second-order valence-electron chi connectivity index (χ2n) is 6.58. The van der Waals surface area contributed by atoms with Crippen LogP contribution in [-0.2, 0) is 4.74 Å². The molecule has 1 aromatic carbocycles. The first-order valence-electron chi connectivity index (χ1n) is 8.83. The molecule has 1 fully saturated rings. The van der Waals surface area contributed by atoms with Crippen LogP contribution in [0, 0.1) is 0 Å². The third kappa shape index (κ3) is 4.07. The van der Waals surface area contributed by atoms with Crippen LogP contribution in [0.3, 0.4) is 0 Å². The van der Waals surface area contributed by atoms with Gasteiger partial charge in [0, 0.05) is 31.9 Å². The molecular formula is C19H21Cl2N3O2. The summed E-state index contributed by atoms with van der Waals surface area (Å²) in [6.45, 7) is 5.37. The molecule has 26 heavy (non-hydrogen) atoms. The lowest BCUT2D eigenvalue weighted by atomic mass is 9.88. The fourth-order valence-electron chi connectivity index (χ4n) is 3.19. The molecule has 0 amide bonds. The van der Waals surface area contributed by atoms with Gasteiger partial charge in [-0.2, -0.15) is 0 Å². The fourth-order valence-corrected chi connectivity index (χ4v) is 3.48. The number of rotatable bonds is 6. The van der Waals surface area contributed by atoms with Crippen LogP contribution in [0.2, 0.25) is 10.0 Å². The smallest absolute Gasteiger partial charge is 0.233 e. The second-order valence-corrected chi connectivity index (χ2v) is 7.40. The zero-order valence-electron chi connectivity index (χ0n) is 14.5. The van der Waals surface area contributed by atoms with Crippen molar-refractivity contribution >= 4 is 23.2 Å². The van der Waals surface area contributed by atoms with Gasteiger partial charge in [0.25, 0.3) is 0 Å². The standard InChI is InChI=1S/C19H21Cl2N3O2/c20-17-4-3-16(11-18(17)21)24-6-5-19(22-24)26-13-15-2-1-14(15)12-23-7-9-25-10-8-23/h3-6,11H,1-2,7-10,12-13H2. The van der Waals surface area contributed by atoms with Gasteiger partial charge >= 0.3 is 0 Å². The van der Waals surface area contributed by atoms with Crippen molar-refractivity contribution in [2.24, 2.45) is 0 Å². The van der Waals surface area contributed by atoms with E-state index in [4.69, 9.17) is 32.7 Å². The van der Waals surface area contributed by atoms with Crippen molar-refractivity contribution in [3.63, 3.8) is 0 Å². The molecule has 7 heteroatoms. The van der Waals surface area contributed by atoms with Gasteiger partial charge in [0.2, 0.25) is 5.88 Å². The van der Waals surface area contributed by atoms with Crippen LogP contribution in [0.25, 0.3) is 5.69 Å². The van der Waals surface area contributed by atoms with E-state index in [2.05, 4.69) is 10.00 Å². The highest BCUT2D eigenvalue weighted by atomic mass is 35.5. The van der Waals surface area contributed by atoms with E-state index in [-0.39, 0.29) is 0 Å². The van der Waals surface area contributed by atoms with Gasteiger partial charge in [0.1, 0.15) is 6.61 Å². The molecule has 0 atom stereocenters. The number of hydrogen-bond acceptors (Lipinski definition) is 4. The fraction of sp³-hybridized carbons (Fsp3) is 0.421. The highest BCUT2D eigenvalue weighted by Crippen LogP contribution is 2.29. The quantitative estimate of drug-likeness (QED) is 0.695. The summed E-state index contributed by atoms with van der Waals surface area (Å²) in [5, 5.41) is 5.51. The normalized spacial score (nSPS) is 18.1. The van der Waals surface area contributed by atoms with Crippen LogP contribution < -0.4 is 4.74 Å². The predicted octanol–water partition coefficient (Wildman–Crippen LogP) is 3.98. The molecule has 0 saturated carbocycles. The van der Waals surface area contributed by atoms with Gasteiger partial charge in [0.15, 0.2) is 0 Å². The monoisotopic (exact) mass is 393 g/mol. The Morgan fingerprint density at radius 1 is 1.04 bits per heavy atom. The average Bonchev–Trinajstić information content (AvgIpc) is 3.11. The summed E-state index contributed by atoms with van der Waals surface area (Å²) in [7, 11) is 0. The zero-order chi connectivity index (χ0) is 17.9. The first kappa shape index (κ1) is 17.9. The highest BCUT2D eigenvalue weighted by Gasteiger charge is 2.21. The van der Waals surface area contributed by atoms with Crippen molar-refractivity contribution in [2.75, 3.05) is 39.5 Å². The van der Waals surface area contributed by atoms with Crippen molar-refractivity contribution in [1.82, 2.24) is 14.7 Å². The Bertz CT molecular complexity index is 813. The van der Waals surface area contributed by atoms with Crippen molar-refractivity contribution in [3.8, 4) is 11.6 Å². The average molecular weight is 394 g/mol. The van der Waals surface area contributed by atoms with Gasteiger partial charge in [-0.15, -0.1) is 5.10 Å². The summed E-state index contributed by atoms with van der Waals surface area (Å²) in [6.07, 6.45) is 4.15. The van der Waals surface area contributed by atoms with Gasteiger partial charge in [-0.3, -0.25) is 4.90 Å². The molecule has 1 saturated heterocycles. The lowest BCUT2D eigenvalue weighted by Crippen LogP contribution is -2.38. The lowest BCUT2D eigenvalue weighted by Gasteiger charge is -2.32. The van der Waals surface area contributed by atoms with Gasteiger partial charge in [-0.05, 0) is 36.6 Å². The summed E-state index contributed by atoms with van der Waals surface area (Å²) in [4.78, 5) is 2.46. The zero-order valence-corrected chi connectivity index (χ0v) is 16.0. The van der Waals surface area contributed by atoms with Crippen molar-refractivity contribution in [3.05, 3.63) is 51.7 Å². The van der Waals surface area contributed by atoms with Crippen molar-refractivity contribution < 1.29 is 9.47 Å². The predicted molar refractivity (Wildman–Crippen MR) is 103 cm³/mol. The van der Waals surface area contributed by atoms with Crippen LogP contribution in [0.4, 0.5) is 0 Å². The summed E-state index contributed by atoms with van der Waals surface area (Å²) < 4.78 is 13.0. The molecule has 0 bridgehead atoms. The molecule has 0 N–H and O–H groups in total. The van der Waals surface area contributed by atoms with Crippen molar-refractivity contribution in [2.45, 2.75) is 12.8 Å². The Hall–Kier alpha value is -1.53. The van der Waals surface area contributed by atoms with E-state index in [1.165, 1.54) is 17.6 Å². The van der Waals surface area contributed by atoms with Crippen LogP contribution in [0.1, 0.15) is 12.8 Å². The Labute approximate surface area is 163 Å². The first-order chi connectivity index (χ1) is 12.7. The molecule has 1 aliphatic carbocycles. The minimum atomic E-state index is 0.509. The number of aromatic nitrogens is 2. The molecule has 1 aliphatic heterocycles. The van der Waals surface area contributed by atoms with E-state index in [1.54, 1.807) is 16.8 Å². The van der Waals surface area contributed by atoms with E-state index < -0.39 is 0 Å². The molecule has 1 aromatic heterocycles. The Kier molecular flexibility index (Phi) is 5.50. The third-order valence-corrected chi connectivity index (χ3v) is 5.61. The maximum absolute atomic E-state index is 6.07. The first-order valence-corrected chi connectivity index (χ1v) is 9.58. The molecule has 4 rings (SSSR count). The molecule has 2 heterocycles. The SMILES string of the molecule is Clc1ccc(-n2ccc(OCC3=C(CN4CCOCC4)CC3)n2)cc1Cl. The molecule has 2 aliphatic rings. The topological polar surface area (TPSA) is 39.5 Å². The van der Waals surface area contributed by atoms with Gasteiger partial charge in [-0.25, -0.2) is 4.68 Å². The molecule has 0 radical (unpaired) electrons. The van der Waals surface area contributed by atoms with E-state index in [1.807, 2.05) is 18.3 Å². The van der Waals surface area contributed by atoms with Gasteiger partial charge < -0.3 is 9.47 Å². The summed E-state index contributed by atoms with van der Waals surface area (Å²) in [5.41, 5.74) is 3.77. The van der Waals surface area contributed by atoms with Crippen molar-refractivity contribution in [1.29, 1.82) is 0 Å². The maximum atomic E-state index is 6.07. The maximum Gasteiger partial charge on any atom is 0.233 e. The lowest BCUT2D eigenvalue weighted by molar-refractivity contribution is 0.0413. The molecule has 5 nitrogen and oxygen atoms in total. The van der Waals surface area contributed by atoms with Crippen LogP contribution in [0.5, 0.6) is 5.88 Å². The molecule has 138 valence electrons. The number of morpholine rings is 1. The minimum Gasteiger partial charge on any atom is -0.472 e. The van der Waals surface area contributed by atoms with Gasteiger partial charge in [-0.1, -0.05) is 28.8 Å². The highest BCUT2D eigenvalue weighted by molar-refractivity contribution is 6.42. The van der Waals surface area contributed by atoms with Gasteiger partial charge in [0.05, 0.1) is 28.9 Å². The third-order valence-electron chi connectivity index (χ3n) is 4.87. The summed E-state index contributed by atoms with van der Waals surface area (Å²) >= 11 is 12.0. The number of ether oxygens (including phenoxy) is 2. The number of nitrogens with zero attached hydrogens (tertiary/aromatic N) is 3. The van der Waals surface area contributed by atoms with E-state index in [0.29, 0.717) is 22.5 Å². The Morgan fingerprint density at radius 3 is 2.58 bits per heavy atom. The van der Waals surface area contributed by atoms with E-state index in [9.17, 15) is 0 Å². The van der Waals surface area contributed by atoms with Crippen LogP contribution in [0.15, 0.2) is 41.6 Å². The summed E-state index contributed by atoms with van der Waals surface area (Å²) in [6, 6.07) is 7.29.